The molecule has 1 saturated heterocycles. The first kappa shape index (κ1) is 18.4. The van der Waals surface area contributed by atoms with E-state index in [4.69, 9.17) is 4.74 Å². The van der Waals surface area contributed by atoms with Crippen LogP contribution in [0.3, 0.4) is 0 Å². The van der Waals surface area contributed by atoms with E-state index in [0.717, 1.165) is 25.8 Å². The van der Waals surface area contributed by atoms with Gasteiger partial charge in [0.25, 0.3) is 0 Å². The van der Waals surface area contributed by atoms with Crippen LogP contribution in [0.15, 0.2) is 0 Å². The zero-order valence-electron chi connectivity index (χ0n) is 13.7. The number of ether oxygens (including phenoxy) is 1. The van der Waals surface area contributed by atoms with Crippen LogP contribution in [0.2, 0.25) is 0 Å². The standard InChI is InChI=1S/C15H27N3O4/c1-4-11(3)16-15(21)17-13(19)10-18-8-6-7-12(9-18)14(20)22-5-2/h11-12H,4-10H2,1-3H3,(H2,16,17,19,21)/t11-,12-/m0/s1. The summed E-state index contributed by atoms with van der Waals surface area (Å²) in [6.45, 7) is 7.33. The molecular formula is C15H27N3O4. The van der Waals surface area contributed by atoms with Gasteiger partial charge in [0.2, 0.25) is 5.91 Å². The first-order chi connectivity index (χ1) is 10.5. The number of imide groups is 1. The predicted octanol–water partition coefficient (Wildman–Crippen LogP) is 0.886. The SMILES string of the molecule is CCOC(=O)[C@H]1CCCN(CC(=O)NC(=O)N[C@@H](C)CC)C1. The fourth-order valence-electron chi connectivity index (χ4n) is 2.38. The minimum Gasteiger partial charge on any atom is -0.466 e. The summed E-state index contributed by atoms with van der Waals surface area (Å²) in [5, 5.41) is 4.99. The molecule has 2 atom stereocenters. The number of likely N-dealkylation sites (tertiary alicyclic amines) is 1. The second-order valence-electron chi connectivity index (χ2n) is 5.66. The Hall–Kier alpha value is -1.63. The molecule has 3 amide bonds. The van der Waals surface area contributed by atoms with Crippen LogP contribution in [0, 0.1) is 5.92 Å². The fraction of sp³-hybridized carbons (Fsp3) is 0.800. The molecule has 0 bridgehead atoms. The third-order valence-corrected chi connectivity index (χ3v) is 3.74. The van der Waals surface area contributed by atoms with Crippen LogP contribution in [-0.4, -0.2) is 55.1 Å². The molecule has 0 spiro atoms. The van der Waals surface area contributed by atoms with Crippen molar-refractivity contribution in [1.82, 2.24) is 15.5 Å². The molecule has 1 aliphatic rings. The molecule has 0 aromatic carbocycles. The molecule has 2 N–H and O–H groups in total. The number of hydrogen-bond acceptors (Lipinski definition) is 5. The van der Waals surface area contributed by atoms with Crippen molar-refractivity contribution >= 4 is 17.9 Å². The second kappa shape index (κ2) is 9.40. The topological polar surface area (TPSA) is 87.7 Å². The van der Waals surface area contributed by atoms with Gasteiger partial charge >= 0.3 is 12.0 Å². The number of carbonyl (C=O) groups excluding carboxylic acids is 3. The van der Waals surface area contributed by atoms with Crippen molar-refractivity contribution in [2.75, 3.05) is 26.2 Å². The molecule has 0 saturated carbocycles. The van der Waals surface area contributed by atoms with E-state index in [1.807, 2.05) is 18.7 Å². The Bertz CT molecular complexity index is 400. The van der Waals surface area contributed by atoms with Gasteiger partial charge < -0.3 is 10.1 Å². The smallest absolute Gasteiger partial charge is 0.321 e. The van der Waals surface area contributed by atoms with Gasteiger partial charge in [0.15, 0.2) is 0 Å². The highest BCUT2D eigenvalue weighted by atomic mass is 16.5. The second-order valence-corrected chi connectivity index (χ2v) is 5.66. The van der Waals surface area contributed by atoms with Gasteiger partial charge in [-0.25, -0.2) is 4.79 Å². The van der Waals surface area contributed by atoms with Crippen molar-refractivity contribution in [1.29, 1.82) is 0 Å². The number of urea groups is 1. The lowest BCUT2D eigenvalue weighted by Crippen LogP contribution is -2.49. The summed E-state index contributed by atoms with van der Waals surface area (Å²) in [7, 11) is 0. The van der Waals surface area contributed by atoms with E-state index >= 15 is 0 Å². The van der Waals surface area contributed by atoms with E-state index in [-0.39, 0.29) is 30.4 Å². The van der Waals surface area contributed by atoms with Crippen molar-refractivity contribution in [3.8, 4) is 0 Å². The number of esters is 1. The zero-order valence-corrected chi connectivity index (χ0v) is 13.7. The van der Waals surface area contributed by atoms with Crippen molar-refractivity contribution in [2.24, 2.45) is 5.92 Å². The van der Waals surface area contributed by atoms with Crippen molar-refractivity contribution in [3.05, 3.63) is 0 Å². The normalized spacial score (nSPS) is 20.0. The van der Waals surface area contributed by atoms with Gasteiger partial charge in [-0.15, -0.1) is 0 Å². The number of carbonyl (C=O) groups is 3. The van der Waals surface area contributed by atoms with E-state index < -0.39 is 6.03 Å². The largest absolute Gasteiger partial charge is 0.466 e. The van der Waals surface area contributed by atoms with E-state index in [2.05, 4.69) is 10.6 Å². The van der Waals surface area contributed by atoms with Crippen LogP contribution < -0.4 is 10.6 Å². The molecular weight excluding hydrogens is 286 g/mol. The molecule has 1 rings (SSSR count). The number of nitrogens with zero attached hydrogens (tertiary/aromatic N) is 1. The van der Waals surface area contributed by atoms with E-state index in [0.29, 0.717) is 13.2 Å². The summed E-state index contributed by atoms with van der Waals surface area (Å²) < 4.78 is 5.03. The van der Waals surface area contributed by atoms with Gasteiger partial charge in [0.05, 0.1) is 19.1 Å². The summed E-state index contributed by atoms with van der Waals surface area (Å²) in [5.74, 6) is -0.747. The highest BCUT2D eigenvalue weighted by Crippen LogP contribution is 2.17. The van der Waals surface area contributed by atoms with Crippen LogP contribution in [-0.2, 0) is 14.3 Å². The molecule has 22 heavy (non-hydrogen) atoms. The van der Waals surface area contributed by atoms with Gasteiger partial charge in [0.1, 0.15) is 0 Å². The molecule has 0 unspecified atom stereocenters. The van der Waals surface area contributed by atoms with Gasteiger partial charge in [-0.3, -0.25) is 19.8 Å². The average molecular weight is 313 g/mol. The van der Waals surface area contributed by atoms with E-state index in [1.54, 1.807) is 6.92 Å². The number of hydrogen-bond donors (Lipinski definition) is 2. The number of piperidine rings is 1. The maximum Gasteiger partial charge on any atom is 0.321 e. The summed E-state index contributed by atoms with van der Waals surface area (Å²) in [4.78, 5) is 37.1. The summed E-state index contributed by atoms with van der Waals surface area (Å²) in [5.41, 5.74) is 0. The molecule has 7 nitrogen and oxygen atoms in total. The third kappa shape index (κ3) is 6.43. The summed E-state index contributed by atoms with van der Waals surface area (Å²) >= 11 is 0. The van der Waals surface area contributed by atoms with Gasteiger partial charge in [-0.1, -0.05) is 6.92 Å². The molecule has 126 valence electrons. The lowest BCUT2D eigenvalue weighted by atomic mass is 9.98. The highest BCUT2D eigenvalue weighted by molar-refractivity contribution is 5.95. The fourth-order valence-corrected chi connectivity index (χ4v) is 2.38. The lowest BCUT2D eigenvalue weighted by Gasteiger charge is -2.30. The average Bonchev–Trinajstić information content (AvgIpc) is 2.47. The van der Waals surface area contributed by atoms with Crippen LogP contribution >= 0.6 is 0 Å². The first-order valence-electron chi connectivity index (χ1n) is 7.95. The van der Waals surface area contributed by atoms with Crippen molar-refractivity contribution < 1.29 is 19.1 Å². The maximum atomic E-state index is 11.9. The number of rotatable bonds is 6. The molecule has 7 heteroatoms. The van der Waals surface area contributed by atoms with E-state index in [9.17, 15) is 14.4 Å². The molecule has 0 radical (unpaired) electrons. The Morgan fingerprint density at radius 1 is 1.32 bits per heavy atom. The van der Waals surface area contributed by atoms with E-state index in [1.165, 1.54) is 0 Å². The molecule has 0 aromatic rings. The Morgan fingerprint density at radius 2 is 2.05 bits per heavy atom. The minimum absolute atomic E-state index is 0.0241. The van der Waals surface area contributed by atoms with Gasteiger partial charge in [-0.05, 0) is 39.7 Å². The van der Waals surface area contributed by atoms with Crippen LogP contribution in [0.4, 0.5) is 4.79 Å². The molecule has 1 fully saturated rings. The Kier molecular flexibility index (Phi) is 7.87. The summed E-state index contributed by atoms with van der Waals surface area (Å²) in [6, 6.07) is -0.450. The van der Waals surface area contributed by atoms with Crippen LogP contribution in [0.1, 0.15) is 40.0 Å². The molecule has 1 heterocycles. The minimum atomic E-state index is -0.474. The lowest BCUT2D eigenvalue weighted by molar-refractivity contribution is -0.150. The molecule has 0 aromatic heterocycles. The predicted molar refractivity (Wildman–Crippen MR) is 82.2 cm³/mol. The van der Waals surface area contributed by atoms with Gasteiger partial charge in [0, 0.05) is 12.6 Å². The Balaban J connectivity index is 2.37. The molecule has 1 aliphatic heterocycles. The number of nitrogens with one attached hydrogen (secondary N) is 2. The van der Waals surface area contributed by atoms with Crippen LogP contribution in [0.5, 0.6) is 0 Å². The maximum absolute atomic E-state index is 11.9. The highest BCUT2D eigenvalue weighted by Gasteiger charge is 2.28. The molecule has 0 aliphatic carbocycles. The Labute approximate surface area is 131 Å². The number of amides is 3. The third-order valence-electron chi connectivity index (χ3n) is 3.74. The van der Waals surface area contributed by atoms with Crippen molar-refractivity contribution in [2.45, 2.75) is 46.1 Å². The van der Waals surface area contributed by atoms with Crippen LogP contribution in [0.25, 0.3) is 0 Å². The zero-order chi connectivity index (χ0) is 16.5. The summed E-state index contributed by atoms with van der Waals surface area (Å²) in [6.07, 6.45) is 2.43. The Morgan fingerprint density at radius 3 is 2.68 bits per heavy atom. The van der Waals surface area contributed by atoms with Gasteiger partial charge in [-0.2, -0.15) is 0 Å². The monoisotopic (exact) mass is 313 g/mol. The first-order valence-corrected chi connectivity index (χ1v) is 7.95. The quantitative estimate of drug-likeness (QED) is 0.711. The van der Waals surface area contributed by atoms with Crippen molar-refractivity contribution in [3.63, 3.8) is 0 Å².